The Hall–Kier alpha value is -2.27. The second-order valence-electron chi connectivity index (χ2n) is 9.72. The van der Waals surface area contributed by atoms with E-state index in [9.17, 15) is 5.11 Å². The molecule has 0 radical (unpaired) electrons. The molecule has 4 N–H and O–H groups in total. The van der Waals surface area contributed by atoms with Crippen molar-refractivity contribution >= 4 is 64.0 Å². The lowest BCUT2D eigenvalue weighted by atomic mass is 9.74. The highest BCUT2D eigenvalue weighted by Crippen LogP contribution is 2.44. The fourth-order valence-electron chi connectivity index (χ4n) is 4.93. The van der Waals surface area contributed by atoms with Crippen molar-refractivity contribution in [3.05, 3.63) is 73.6 Å². The van der Waals surface area contributed by atoms with E-state index in [0.717, 1.165) is 32.0 Å². The fourth-order valence-corrected chi connectivity index (χ4v) is 6.41. The number of aliphatic hydroxyl groups is 1. The number of halogens is 3. The standard InChI is InChI=1S/C26H27Cl3N6O2S/c1-14-23(29)18(20(28)7-32-14)9-37-22-4-17(21(30)5-19(22)27)24(31)15-3-16(8-36)25(33-6-15)34-10-26(11-34)12-35(13-26)38-2/h3-7,31,36H,8-13,30H2,1-2H3. The molecule has 4 heterocycles. The number of benzene rings is 1. The zero-order valence-electron chi connectivity index (χ0n) is 20.9. The Kier molecular flexibility index (Phi) is 7.70. The third kappa shape index (κ3) is 5.03. The number of hydrogen-bond acceptors (Lipinski definition) is 9. The summed E-state index contributed by atoms with van der Waals surface area (Å²) in [6, 6.07) is 4.96. The number of nitrogens with two attached hydrogens (primary N) is 1. The van der Waals surface area contributed by atoms with Gasteiger partial charge in [-0.1, -0.05) is 46.8 Å². The minimum Gasteiger partial charge on any atom is -0.487 e. The van der Waals surface area contributed by atoms with Crippen molar-refractivity contribution in [2.75, 3.05) is 43.1 Å². The molecule has 2 fully saturated rings. The summed E-state index contributed by atoms with van der Waals surface area (Å²) in [5.74, 6) is 1.09. The lowest BCUT2D eigenvalue weighted by Gasteiger charge is -2.60. The van der Waals surface area contributed by atoms with Crippen LogP contribution < -0.4 is 15.4 Å². The van der Waals surface area contributed by atoms with Crippen molar-refractivity contribution in [1.29, 1.82) is 5.41 Å². The summed E-state index contributed by atoms with van der Waals surface area (Å²) in [6.45, 7) is 5.63. The highest BCUT2D eigenvalue weighted by atomic mass is 35.5. The van der Waals surface area contributed by atoms with Gasteiger partial charge in [-0.3, -0.25) is 10.4 Å². The molecule has 12 heteroatoms. The highest BCUT2D eigenvalue weighted by Gasteiger charge is 2.52. The van der Waals surface area contributed by atoms with Crippen LogP contribution in [0.4, 0.5) is 11.5 Å². The lowest BCUT2D eigenvalue weighted by molar-refractivity contribution is 0.0471. The van der Waals surface area contributed by atoms with Crippen LogP contribution in [0.15, 0.2) is 30.6 Å². The first-order valence-electron chi connectivity index (χ1n) is 11.9. The Balaban J connectivity index is 1.35. The van der Waals surface area contributed by atoms with E-state index in [0.29, 0.717) is 59.9 Å². The van der Waals surface area contributed by atoms with E-state index in [1.165, 1.54) is 6.20 Å². The van der Waals surface area contributed by atoms with Crippen molar-refractivity contribution in [2.24, 2.45) is 5.41 Å². The lowest BCUT2D eigenvalue weighted by Crippen LogP contribution is -2.71. The van der Waals surface area contributed by atoms with Gasteiger partial charge in [0.05, 0.1) is 33.1 Å². The zero-order chi connectivity index (χ0) is 27.2. The molecule has 2 saturated heterocycles. The van der Waals surface area contributed by atoms with Crippen LogP contribution in [-0.4, -0.2) is 57.5 Å². The predicted molar refractivity (Wildman–Crippen MR) is 155 cm³/mol. The van der Waals surface area contributed by atoms with Gasteiger partial charge in [-0.25, -0.2) is 9.29 Å². The van der Waals surface area contributed by atoms with Gasteiger partial charge in [0.1, 0.15) is 18.2 Å². The van der Waals surface area contributed by atoms with Gasteiger partial charge in [-0.05, 0) is 31.4 Å². The van der Waals surface area contributed by atoms with Crippen LogP contribution in [-0.2, 0) is 13.2 Å². The van der Waals surface area contributed by atoms with Crippen molar-refractivity contribution < 1.29 is 9.84 Å². The molecular formula is C26H27Cl3N6O2S. The van der Waals surface area contributed by atoms with Crippen LogP contribution >= 0.6 is 46.8 Å². The van der Waals surface area contributed by atoms with Crippen molar-refractivity contribution in [1.82, 2.24) is 14.3 Å². The Morgan fingerprint density at radius 1 is 1.13 bits per heavy atom. The topological polar surface area (TPSA) is 112 Å². The highest BCUT2D eigenvalue weighted by molar-refractivity contribution is 7.96. The SMILES string of the molecule is CSN1CC2(C1)CN(c1ncc(C(=N)c3cc(OCc4c(Cl)cnc(C)c4Cl)c(Cl)cc3N)cc1CO)C2. The van der Waals surface area contributed by atoms with Gasteiger partial charge >= 0.3 is 0 Å². The Labute approximate surface area is 240 Å². The van der Waals surface area contributed by atoms with Crippen LogP contribution in [0.3, 0.4) is 0 Å². The largest absolute Gasteiger partial charge is 0.487 e. The molecule has 38 heavy (non-hydrogen) atoms. The summed E-state index contributed by atoms with van der Waals surface area (Å²) in [6.07, 6.45) is 5.26. The van der Waals surface area contributed by atoms with E-state index in [-0.39, 0.29) is 18.9 Å². The number of aromatic nitrogens is 2. The molecular weight excluding hydrogens is 567 g/mol. The maximum Gasteiger partial charge on any atom is 0.139 e. The Morgan fingerprint density at radius 2 is 1.87 bits per heavy atom. The van der Waals surface area contributed by atoms with E-state index in [1.807, 2.05) is 0 Å². The number of aliphatic hydroxyl groups excluding tert-OH is 1. The quantitative estimate of drug-likeness (QED) is 0.185. The maximum atomic E-state index is 10.1. The first-order valence-corrected chi connectivity index (χ1v) is 14.2. The third-order valence-corrected chi connectivity index (χ3v) is 8.92. The number of nitrogens with zero attached hydrogens (tertiary/aromatic N) is 4. The molecule has 3 aromatic rings. The van der Waals surface area contributed by atoms with Crippen LogP contribution in [0.5, 0.6) is 5.75 Å². The molecule has 2 aromatic heterocycles. The summed E-state index contributed by atoms with van der Waals surface area (Å²) >= 11 is 20.8. The molecule has 200 valence electrons. The zero-order valence-corrected chi connectivity index (χ0v) is 24.0. The van der Waals surface area contributed by atoms with Gasteiger partial charge in [0.25, 0.3) is 0 Å². The number of nitrogen functional groups attached to an aromatic ring is 1. The molecule has 2 aliphatic heterocycles. The molecule has 0 bridgehead atoms. The van der Waals surface area contributed by atoms with Crippen molar-refractivity contribution in [3.63, 3.8) is 0 Å². The van der Waals surface area contributed by atoms with E-state index in [4.69, 9.17) is 50.7 Å². The van der Waals surface area contributed by atoms with E-state index in [1.54, 1.807) is 43.3 Å². The minimum atomic E-state index is -0.179. The fraction of sp³-hybridized carbons (Fsp3) is 0.346. The number of anilines is 2. The second kappa shape index (κ2) is 10.7. The number of rotatable bonds is 8. The number of aryl methyl sites for hydroxylation is 1. The monoisotopic (exact) mass is 592 g/mol. The molecule has 2 aliphatic rings. The van der Waals surface area contributed by atoms with E-state index >= 15 is 0 Å². The van der Waals surface area contributed by atoms with Gasteiger partial charge in [-0.15, -0.1) is 0 Å². The van der Waals surface area contributed by atoms with Crippen molar-refractivity contribution in [3.8, 4) is 5.75 Å². The molecule has 1 spiro atoms. The van der Waals surface area contributed by atoms with Gasteiger partial charge in [-0.2, -0.15) is 0 Å². The van der Waals surface area contributed by atoms with Gasteiger partial charge in [0.2, 0.25) is 0 Å². The summed E-state index contributed by atoms with van der Waals surface area (Å²) in [7, 11) is 0. The third-order valence-electron chi connectivity index (χ3n) is 7.02. The van der Waals surface area contributed by atoms with Crippen LogP contribution in [0.25, 0.3) is 0 Å². The molecule has 0 unspecified atom stereocenters. The van der Waals surface area contributed by atoms with Gasteiger partial charge < -0.3 is 20.5 Å². The van der Waals surface area contributed by atoms with Crippen LogP contribution in [0.1, 0.15) is 27.9 Å². The molecule has 0 atom stereocenters. The normalized spacial score (nSPS) is 16.3. The van der Waals surface area contributed by atoms with Crippen molar-refractivity contribution in [2.45, 2.75) is 20.1 Å². The first-order chi connectivity index (χ1) is 18.1. The smallest absolute Gasteiger partial charge is 0.139 e. The number of hydrogen-bond donors (Lipinski definition) is 3. The minimum absolute atomic E-state index is 0.0639. The van der Waals surface area contributed by atoms with Crippen LogP contribution in [0.2, 0.25) is 15.1 Å². The van der Waals surface area contributed by atoms with Gasteiger partial charge in [0, 0.05) is 71.9 Å². The number of nitrogens with one attached hydrogen (secondary N) is 1. The first kappa shape index (κ1) is 27.3. The average Bonchev–Trinajstić information content (AvgIpc) is 2.85. The van der Waals surface area contributed by atoms with Crippen LogP contribution in [0, 0.1) is 17.7 Å². The molecule has 0 amide bonds. The molecule has 5 rings (SSSR count). The number of pyridine rings is 2. The Morgan fingerprint density at radius 3 is 2.55 bits per heavy atom. The molecule has 1 aromatic carbocycles. The van der Waals surface area contributed by atoms with E-state index in [2.05, 4.69) is 25.4 Å². The average molecular weight is 594 g/mol. The summed E-state index contributed by atoms with van der Waals surface area (Å²) in [5.41, 5.74) is 9.89. The summed E-state index contributed by atoms with van der Waals surface area (Å²) in [4.78, 5) is 11.0. The maximum absolute atomic E-state index is 10.1. The predicted octanol–water partition coefficient (Wildman–Crippen LogP) is 5.21. The van der Waals surface area contributed by atoms with Gasteiger partial charge in [0.15, 0.2) is 0 Å². The molecule has 0 saturated carbocycles. The van der Waals surface area contributed by atoms with E-state index < -0.39 is 0 Å². The summed E-state index contributed by atoms with van der Waals surface area (Å²) < 4.78 is 8.29. The number of ether oxygens (including phenoxy) is 1. The Bertz CT molecular complexity index is 1410. The summed E-state index contributed by atoms with van der Waals surface area (Å²) in [5, 5.41) is 20.0. The second-order valence-corrected chi connectivity index (χ2v) is 11.8. The molecule has 0 aliphatic carbocycles. The molecule has 8 nitrogen and oxygen atoms in total.